The lowest BCUT2D eigenvalue weighted by Gasteiger charge is -2.15. The van der Waals surface area contributed by atoms with Gasteiger partial charge in [0.25, 0.3) is 0 Å². The zero-order chi connectivity index (χ0) is 17.9. The van der Waals surface area contributed by atoms with Crippen LogP contribution in [0.4, 0.5) is 0 Å². The molecule has 0 amide bonds. The Balaban J connectivity index is 1.35. The van der Waals surface area contributed by atoms with Crippen molar-refractivity contribution in [2.45, 2.75) is 24.4 Å². The second kappa shape index (κ2) is 7.41. The van der Waals surface area contributed by atoms with Gasteiger partial charge in [0.1, 0.15) is 18.3 Å². The molecule has 2 aliphatic rings. The van der Waals surface area contributed by atoms with Crippen molar-refractivity contribution in [2.75, 3.05) is 13.2 Å². The van der Waals surface area contributed by atoms with E-state index in [4.69, 9.17) is 14.2 Å². The highest BCUT2D eigenvalue weighted by molar-refractivity contribution is 5.87. The van der Waals surface area contributed by atoms with Crippen molar-refractivity contribution in [1.82, 2.24) is 0 Å². The van der Waals surface area contributed by atoms with Gasteiger partial charge in [0.15, 0.2) is 6.10 Å². The summed E-state index contributed by atoms with van der Waals surface area (Å²) in [5.41, 5.74) is 3.18. The van der Waals surface area contributed by atoms with Crippen LogP contribution in [0.2, 0.25) is 0 Å². The Labute approximate surface area is 151 Å². The van der Waals surface area contributed by atoms with Gasteiger partial charge in [-0.15, -0.1) is 0 Å². The average Bonchev–Trinajstić information content (AvgIpc) is 3.25. The van der Waals surface area contributed by atoms with E-state index in [1.165, 1.54) is 6.08 Å². The molecule has 2 aromatic carbocycles. The molecule has 4 rings (SSSR count). The Morgan fingerprint density at radius 3 is 2.42 bits per heavy atom. The molecule has 0 radical (unpaired) electrons. The first-order chi connectivity index (χ1) is 12.7. The molecule has 0 bridgehead atoms. The number of aliphatic hydroxyl groups excluding tert-OH is 1. The number of aliphatic hydroxyl groups is 1. The molecule has 0 aliphatic carbocycles. The molecule has 5 nitrogen and oxygen atoms in total. The number of fused-ring (bicyclic) bond motifs is 1. The fourth-order valence-corrected chi connectivity index (χ4v) is 3.32. The van der Waals surface area contributed by atoms with Crippen molar-refractivity contribution >= 4 is 12.0 Å². The van der Waals surface area contributed by atoms with E-state index < -0.39 is 24.3 Å². The predicted octanol–water partition coefficient (Wildman–Crippen LogP) is 2.44. The highest BCUT2D eigenvalue weighted by atomic mass is 16.6. The maximum absolute atomic E-state index is 12.0. The molecule has 0 unspecified atom stereocenters. The summed E-state index contributed by atoms with van der Waals surface area (Å²) in [6, 6.07) is 18.1. The third kappa shape index (κ3) is 3.55. The van der Waals surface area contributed by atoms with Gasteiger partial charge in [-0.3, -0.25) is 0 Å². The van der Waals surface area contributed by atoms with Gasteiger partial charge in [0, 0.05) is 6.08 Å². The van der Waals surface area contributed by atoms with Crippen LogP contribution in [-0.2, 0) is 19.0 Å². The van der Waals surface area contributed by atoms with Crippen LogP contribution in [0.3, 0.4) is 0 Å². The SMILES string of the molecule is O=C(/C=C/c1ccc(-c2ccccc2)cc1)O[C@H]1CO[C@H]2[C@@H]1OC[C@H]2O. The first kappa shape index (κ1) is 17.0. The van der Waals surface area contributed by atoms with Crippen LogP contribution in [0, 0.1) is 0 Å². The molecule has 2 heterocycles. The smallest absolute Gasteiger partial charge is 0.331 e. The van der Waals surface area contributed by atoms with Crippen LogP contribution >= 0.6 is 0 Å². The van der Waals surface area contributed by atoms with Crippen molar-refractivity contribution in [3.63, 3.8) is 0 Å². The lowest BCUT2D eigenvalue weighted by Crippen LogP contribution is -2.33. The van der Waals surface area contributed by atoms with E-state index >= 15 is 0 Å². The lowest BCUT2D eigenvalue weighted by molar-refractivity contribution is -0.147. The zero-order valence-electron chi connectivity index (χ0n) is 14.2. The van der Waals surface area contributed by atoms with E-state index in [1.54, 1.807) is 6.08 Å². The topological polar surface area (TPSA) is 65.0 Å². The zero-order valence-corrected chi connectivity index (χ0v) is 14.2. The second-order valence-corrected chi connectivity index (χ2v) is 6.46. The van der Waals surface area contributed by atoms with Crippen molar-refractivity contribution < 1.29 is 24.1 Å². The highest BCUT2D eigenvalue weighted by Gasteiger charge is 2.48. The number of benzene rings is 2. The summed E-state index contributed by atoms with van der Waals surface area (Å²) in [7, 11) is 0. The Morgan fingerprint density at radius 1 is 0.962 bits per heavy atom. The minimum Gasteiger partial charge on any atom is -0.454 e. The van der Waals surface area contributed by atoms with Gasteiger partial charge in [-0.05, 0) is 22.8 Å². The summed E-state index contributed by atoms with van der Waals surface area (Å²) in [4.78, 5) is 12.0. The number of hydrogen-bond acceptors (Lipinski definition) is 5. The molecule has 2 saturated heterocycles. The molecule has 2 fully saturated rings. The number of ether oxygens (including phenoxy) is 3. The predicted molar refractivity (Wildman–Crippen MR) is 96.3 cm³/mol. The van der Waals surface area contributed by atoms with Gasteiger partial charge in [-0.1, -0.05) is 54.6 Å². The maximum atomic E-state index is 12.0. The first-order valence-electron chi connectivity index (χ1n) is 8.66. The van der Waals surface area contributed by atoms with Crippen molar-refractivity contribution in [1.29, 1.82) is 0 Å². The summed E-state index contributed by atoms with van der Waals surface area (Å²) in [6.45, 7) is 0.463. The molecule has 0 spiro atoms. The van der Waals surface area contributed by atoms with Crippen molar-refractivity contribution in [3.05, 3.63) is 66.2 Å². The van der Waals surface area contributed by atoms with E-state index in [1.807, 2.05) is 42.5 Å². The lowest BCUT2D eigenvalue weighted by atomic mass is 10.0. The molecule has 4 atom stereocenters. The third-order valence-corrected chi connectivity index (χ3v) is 4.68. The van der Waals surface area contributed by atoms with Crippen LogP contribution in [0.15, 0.2) is 60.7 Å². The van der Waals surface area contributed by atoms with E-state index in [2.05, 4.69) is 12.1 Å². The van der Waals surface area contributed by atoms with Crippen LogP contribution < -0.4 is 0 Å². The largest absolute Gasteiger partial charge is 0.454 e. The fourth-order valence-electron chi connectivity index (χ4n) is 3.32. The molecule has 5 heteroatoms. The fraction of sp³-hybridized carbons (Fsp3) is 0.286. The Kier molecular flexibility index (Phi) is 4.84. The van der Waals surface area contributed by atoms with Gasteiger partial charge in [-0.25, -0.2) is 4.79 Å². The van der Waals surface area contributed by atoms with E-state index in [0.717, 1.165) is 16.7 Å². The normalized spacial score (nSPS) is 27.6. The number of esters is 1. The molecule has 134 valence electrons. The summed E-state index contributed by atoms with van der Waals surface area (Å²) < 4.78 is 16.3. The highest BCUT2D eigenvalue weighted by Crippen LogP contribution is 2.29. The quantitative estimate of drug-likeness (QED) is 0.676. The summed E-state index contributed by atoms with van der Waals surface area (Å²) >= 11 is 0. The Hall–Kier alpha value is -2.47. The maximum Gasteiger partial charge on any atom is 0.331 e. The summed E-state index contributed by atoms with van der Waals surface area (Å²) in [6.07, 6.45) is 1.21. The summed E-state index contributed by atoms with van der Waals surface area (Å²) in [5, 5.41) is 9.70. The second-order valence-electron chi connectivity index (χ2n) is 6.46. The Morgan fingerprint density at radius 2 is 1.65 bits per heavy atom. The molecular weight excluding hydrogens is 332 g/mol. The van der Waals surface area contributed by atoms with Crippen LogP contribution in [0.25, 0.3) is 17.2 Å². The van der Waals surface area contributed by atoms with Crippen molar-refractivity contribution in [2.24, 2.45) is 0 Å². The molecule has 1 N–H and O–H groups in total. The van der Waals surface area contributed by atoms with Crippen LogP contribution in [-0.4, -0.2) is 48.7 Å². The number of carbonyl (C=O) groups excluding carboxylic acids is 1. The van der Waals surface area contributed by atoms with Gasteiger partial charge in [0.05, 0.1) is 13.2 Å². The number of rotatable bonds is 4. The monoisotopic (exact) mass is 352 g/mol. The molecule has 2 aromatic rings. The Bertz CT molecular complexity index is 784. The molecule has 0 saturated carbocycles. The summed E-state index contributed by atoms with van der Waals surface area (Å²) in [5.74, 6) is -0.448. The van der Waals surface area contributed by atoms with Crippen molar-refractivity contribution in [3.8, 4) is 11.1 Å². The van der Waals surface area contributed by atoms with E-state index in [0.29, 0.717) is 0 Å². The van der Waals surface area contributed by atoms with Gasteiger partial charge < -0.3 is 19.3 Å². The average molecular weight is 352 g/mol. The standard InChI is InChI=1S/C21H20O5/c22-17-12-24-21-18(13-25-20(17)21)26-19(23)11-8-14-6-9-16(10-7-14)15-4-2-1-3-5-15/h1-11,17-18,20-22H,12-13H2/b11-8+/t17-,18+,20-,21-/m1/s1. The van der Waals surface area contributed by atoms with Crippen LogP contribution in [0.1, 0.15) is 5.56 Å². The minimum absolute atomic E-state index is 0.215. The van der Waals surface area contributed by atoms with Crippen LogP contribution in [0.5, 0.6) is 0 Å². The van der Waals surface area contributed by atoms with Gasteiger partial charge in [-0.2, -0.15) is 0 Å². The van der Waals surface area contributed by atoms with Gasteiger partial charge in [0.2, 0.25) is 0 Å². The molecular formula is C21H20O5. The first-order valence-corrected chi connectivity index (χ1v) is 8.66. The minimum atomic E-state index is -0.651. The molecule has 26 heavy (non-hydrogen) atoms. The number of carbonyl (C=O) groups is 1. The molecule has 2 aliphatic heterocycles. The molecule has 0 aromatic heterocycles. The van der Waals surface area contributed by atoms with E-state index in [-0.39, 0.29) is 19.3 Å². The number of hydrogen-bond donors (Lipinski definition) is 1. The third-order valence-electron chi connectivity index (χ3n) is 4.68. The van der Waals surface area contributed by atoms with E-state index in [9.17, 15) is 9.90 Å². The van der Waals surface area contributed by atoms with Gasteiger partial charge >= 0.3 is 5.97 Å².